The van der Waals surface area contributed by atoms with Gasteiger partial charge in [-0.25, -0.2) is 0 Å². The van der Waals surface area contributed by atoms with Crippen molar-refractivity contribution in [3.63, 3.8) is 0 Å². The van der Waals surface area contributed by atoms with E-state index in [2.05, 4.69) is 20.4 Å². The molecule has 0 spiro atoms. The Morgan fingerprint density at radius 1 is 1.27 bits per heavy atom. The Bertz CT molecular complexity index is 608. The van der Waals surface area contributed by atoms with E-state index in [0.717, 1.165) is 16.9 Å². The van der Waals surface area contributed by atoms with Crippen molar-refractivity contribution in [3.05, 3.63) is 30.9 Å². The number of hydrogen-bond acceptors (Lipinski definition) is 4. The minimum atomic E-state index is 0.739. The molecule has 0 bridgehead atoms. The smallest absolute Gasteiger partial charge is 0.177 e. The average Bonchev–Trinajstić information content (AvgIpc) is 2.84. The third-order valence-electron chi connectivity index (χ3n) is 2.16. The molecule has 0 aliphatic heterocycles. The molecule has 15 heavy (non-hydrogen) atoms. The lowest BCUT2D eigenvalue weighted by atomic mass is 10.2. The van der Waals surface area contributed by atoms with Gasteiger partial charge in [0.05, 0.1) is 11.9 Å². The van der Waals surface area contributed by atoms with E-state index in [-0.39, 0.29) is 0 Å². The fraction of sp³-hybridized carbons (Fsp3) is 0.111. The standard InChI is InChI=1S/C9H8N6/c1-14-5-7(4-11-14)8-2-3-9-12-10-6-15(9)13-8/h2-6H,1H3. The summed E-state index contributed by atoms with van der Waals surface area (Å²) in [6.07, 6.45) is 5.27. The average molecular weight is 200 g/mol. The number of aromatic nitrogens is 6. The molecular weight excluding hydrogens is 192 g/mol. The van der Waals surface area contributed by atoms with Gasteiger partial charge in [0.2, 0.25) is 0 Å². The highest BCUT2D eigenvalue weighted by Gasteiger charge is 2.03. The van der Waals surface area contributed by atoms with Crippen LogP contribution in [0.1, 0.15) is 0 Å². The second-order valence-electron chi connectivity index (χ2n) is 3.25. The molecule has 3 rings (SSSR count). The van der Waals surface area contributed by atoms with Gasteiger partial charge in [0, 0.05) is 18.8 Å². The third-order valence-corrected chi connectivity index (χ3v) is 2.16. The van der Waals surface area contributed by atoms with Gasteiger partial charge in [-0.2, -0.15) is 14.7 Å². The molecular formula is C9H8N6. The lowest BCUT2D eigenvalue weighted by Crippen LogP contribution is -1.92. The van der Waals surface area contributed by atoms with Crippen LogP contribution in [0.25, 0.3) is 16.9 Å². The summed E-state index contributed by atoms with van der Waals surface area (Å²) in [4.78, 5) is 0. The zero-order chi connectivity index (χ0) is 10.3. The SMILES string of the molecule is Cn1cc(-c2ccc3nncn3n2)cn1. The second kappa shape index (κ2) is 2.88. The van der Waals surface area contributed by atoms with Crippen molar-refractivity contribution in [1.82, 2.24) is 29.6 Å². The summed E-state index contributed by atoms with van der Waals surface area (Å²) in [7, 11) is 1.88. The number of aryl methyl sites for hydroxylation is 1. The van der Waals surface area contributed by atoms with Crippen molar-refractivity contribution in [2.75, 3.05) is 0 Å². The molecule has 0 N–H and O–H groups in total. The molecule has 0 saturated heterocycles. The highest BCUT2D eigenvalue weighted by atomic mass is 15.3. The molecule has 0 amide bonds. The predicted octanol–water partition coefficient (Wildman–Crippen LogP) is 0.525. The van der Waals surface area contributed by atoms with Gasteiger partial charge in [0.1, 0.15) is 6.33 Å². The molecule has 0 fully saturated rings. The number of fused-ring (bicyclic) bond motifs is 1. The Morgan fingerprint density at radius 3 is 3.00 bits per heavy atom. The van der Waals surface area contributed by atoms with Crippen LogP contribution in [0.3, 0.4) is 0 Å². The van der Waals surface area contributed by atoms with Crippen LogP contribution in [-0.2, 0) is 7.05 Å². The van der Waals surface area contributed by atoms with Crippen LogP contribution in [0.5, 0.6) is 0 Å². The Kier molecular flexibility index (Phi) is 1.55. The van der Waals surface area contributed by atoms with Crippen molar-refractivity contribution in [3.8, 4) is 11.3 Å². The highest BCUT2D eigenvalue weighted by molar-refractivity contribution is 5.57. The molecule has 0 saturated carbocycles. The maximum Gasteiger partial charge on any atom is 0.177 e. The van der Waals surface area contributed by atoms with Crippen LogP contribution in [0.4, 0.5) is 0 Å². The monoisotopic (exact) mass is 200 g/mol. The van der Waals surface area contributed by atoms with E-state index in [1.807, 2.05) is 25.4 Å². The van der Waals surface area contributed by atoms with E-state index >= 15 is 0 Å². The maximum atomic E-state index is 4.36. The number of hydrogen-bond donors (Lipinski definition) is 0. The first-order valence-corrected chi connectivity index (χ1v) is 4.49. The Balaban J connectivity index is 2.18. The molecule has 3 heterocycles. The highest BCUT2D eigenvalue weighted by Crippen LogP contribution is 2.14. The van der Waals surface area contributed by atoms with E-state index in [0.29, 0.717) is 0 Å². The largest absolute Gasteiger partial charge is 0.275 e. The van der Waals surface area contributed by atoms with Gasteiger partial charge in [0.15, 0.2) is 5.65 Å². The molecule has 0 aliphatic rings. The fourth-order valence-corrected chi connectivity index (χ4v) is 1.44. The van der Waals surface area contributed by atoms with Crippen molar-refractivity contribution < 1.29 is 0 Å². The summed E-state index contributed by atoms with van der Waals surface area (Å²) in [5, 5.41) is 16.1. The van der Waals surface area contributed by atoms with Gasteiger partial charge in [-0.15, -0.1) is 10.2 Å². The predicted molar refractivity (Wildman–Crippen MR) is 53.0 cm³/mol. The van der Waals surface area contributed by atoms with Crippen LogP contribution in [0.15, 0.2) is 30.9 Å². The van der Waals surface area contributed by atoms with Gasteiger partial charge in [-0.05, 0) is 12.1 Å². The van der Waals surface area contributed by atoms with Crippen molar-refractivity contribution in [2.24, 2.45) is 7.05 Å². The Hall–Kier alpha value is -2.24. The number of nitrogens with zero attached hydrogens (tertiary/aromatic N) is 6. The van der Waals surface area contributed by atoms with Crippen LogP contribution in [0.2, 0.25) is 0 Å². The minimum Gasteiger partial charge on any atom is -0.275 e. The van der Waals surface area contributed by atoms with E-state index in [9.17, 15) is 0 Å². The van der Waals surface area contributed by atoms with Crippen molar-refractivity contribution >= 4 is 5.65 Å². The van der Waals surface area contributed by atoms with Crippen LogP contribution in [0, 0.1) is 0 Å². The third kappa shape index (κ3) is 1.26. The van der Waals surface area contributed by atoms with Gasteiger partial charge in [-0.1, -0.05) is 0 Å². The molecule has 3 aromatic rings. The first kappa shape index (κ1) is 8.10. The zero-order valence-corrected chi connectivity index (χ0v) is 8.07. The minimum absolute atomic E-state index is 0.739. The Labute approximate surface area is 85.2 Å². The first-order valence-electron chi connectivity index (χ1n) is 4.49. The zero-order valence-electron chi connectivity index (χ0n) is 8.07. The fourth-order valence-electron chi connectivity index (χ4n) is 1.44. The quantitative estimate of drug-likeness (QED) is 0.574. The van der Waals surface area contributed by atoms with Gasteiger partial charge in [-0.3, -0.25) is 4.68 Å². The topological polar surface area (TPSA) is 60.9 Å². The van der Waals surface area contributed by atoms with E-state index < -0.39 is 0 Å². The summed E-state index contributed by atoms with van der Waals surface area (Å²) in [5.74, 6) is 0. The van der Waals surface area contributed by atoms with E-state index in [4.69, 9.17) is 0 Å². The van der Waals surface area contributed by atoms with Crippen molar-refractivity contribution in [1.29, 1.82) is 0 Å². The lowest BCUT2D eigenvalue weighted by molar-refractivity contribution is 0.768. The van der Waals surface area contributed by atoms with E-state index in [1.165, 1.54) is 0 Å². The normalized spacial score (nSPS) is 11.0. The summed E-state index contributed by atoms with van der Waals surface area (Å²) >= 11 is 0. The molecule has 0 aromatic carbocycles. The molecule has 74 valence electrons. The van der Waals surface area contributed by atoms with Crippen molar-refractivity contribution in [2.45, 2.75) is 0 Å². The Morgan fingerprint density at radius 2 is 2.20 bits per heavy atom. The summed E-state index contributed by atoms with van der Waals surface area (Å²) < 4.78 is 3.38. The molecule has 6 heteroatoms. The first-order chi connectivity index (χ1) is 7.33. The molecule has 3 aromatic heterocycles. The lowest BCUT2D eigenvalue weighted by Gasteiger charge is -1.96. The molecule has 0 atom stereocenters. The second-order valence-corrected chi connectivity index (χ2v) is 3.25. The van der Waals surface area contributed by atoms with E-state index in [1.54, 1.807) is 21.7 Å². The van der Waals surface area contributed by atoms with Crippen LogP contribution in [-0.4, -0.2) is 29.6 Å². The summed E-state index contributed by atoms with van der Waals surface area (Å²) in [5.41, 5.74) is 2.58. The molecule has 0 aliphatic carbocycles. The van der Waals surface area contributed by atoms with Crippen LogP contribution < -0.4 is 0 Å². The van der Waals surface area contributed by atoms with Gasteiger partial charge in [0.25, 0.3) is 0 Å². The molecule has 0 radical (unpaired) electrons. The summed E-state index contributed by atoms with van der Waals surface area (Å²) in [6.45, 7) is 0. The maximum absolute atomic E-state index is 4.36. The number of rotatable bonds is 1. The molecule has 6 nitrogen and oxygen atoms in total. The molecule has 0 unspecified atom stereocenters. The van der Waals surface area contributed by atoms with Gasteiger partial charge < -0.3 is 0 Å². The van der Waals surface area contributed by atoms with Gasteiger partial charge >= 0.3 is 0 Å². The van der Waals surface area contributed by atoms with Crippen LogP contribution >= 0.6 is 0 Å². The summed E-state index contributed by atoms with van der Waals surface area (Å²) in [6, 6.07) is 3.78.